The lowest BCUT2D eigenvalue weighted by Crippen LogP contribution is -2.63. The molecule has 4 fully saturated rings. The number of ether oxygens (including phenoxy) is 3. The van der Waals surface area contributed by atoms with Crippen LogP contribution in [0.1, 0.15) is 81.9 Å². The summed E-state index contributed by atoms with van der Waals surface area (Å²) in [7, 11) is 0. The second kappa shape index (κ2) is 11.8. The number of Topliss-reactive ketones (excluding diaryl/α,β-unsaturated/α-hetero) is 1. The fourth-order valence-corrected chi connectivity index (χ4v) is 10.0. The average Bonchev–Trinajstić information content (AvgIpc) is 3.53. The summed E-state index contributed by atoms with van der Waals surface area (Å²) in [6.07, 6.45) is 6.76. The van der Waals surface area contributed by atoms with Crippen LogP contribution < -0.4 is 5.73 Å². The monoisotopic (exact) mass is 641 g/mol. The number of rotatable bonds is 8. The van der Waals surface area contributed by atoms with E-state index >= 15 is 0 Å². The topological polar surface area (TPSA) is 128 Å². The predicted octanol–water partition coefficient (Wildman–Crippen LogP) is 5.39. The highest BCUT2D eigenvalue weighted by molar-refractivity contribution is 6.01. The third-order valence-electron chi connectivity index (χ3n) is 12.2. The number of anilines is 1. The Bertz CT molecular complexity index is 1630. The van der Waals surface area contributed by atoms with Crippen molar-refractivity contribution in [1.82, 2.24) is 0 Å². The van der Waals surface area contributed by atoms with Gasteiger partial charge in [0.25, 0.3) is 0 Å². The molecular weight excluding hydrogens is 594 g/mol. The van der Waals surface area contributed by atoms with E-state index in [0.717, 1.165) is 40.7 Å². The van der Waals surface area contributed by atoms with Crippen LogP contribution >= 0.6 is 0 Å². The van der Waals surface area contributed by atoms with E-state index in [1.54, 1.807) is 12.2 Å². The molecule has 1 heterocycles. The van der Waals surface area contributed by atoms with Gasteiger partial charge in [-0.15, -0.1) is 0 Å². The molecule has 0 unspecified atom stereocenters. The minimum Gasteiger partial charge on any atom is -0.398 e. The zero-order valence-corrected chi connectivity index (χ0v) is 27.8. The summed E-state index contributed by atoms with van der Waals surface area (Å²) < 4.78 is 19.1. The number of hydrogen-bond donors (Lipinski definition) is 3. The van der Waals surface area contributed by atoms with Gasteiger partial charge in [-0.2, -0.15) is 0 Å². The van der Waals surface area contributed by atoms with Gasteiger partial charge >= 0.3 is 0 Å². The van der Waals surface area contributed by atoms with Gasteiger partial charge in [0.1, 0.15) is 6.61 Å². The van der Waals surface area contributed by atoms with Crippen LogP contribution in [0, 0.1) is 28.6 Å². The summed E-state index contributed by atoms with van der Waals surface area (Å²) in [4.78, 5) is 26.0. The number of aliphatic hydroxyl groups excluding tert-OH is 2. The Balaban J connectivity index is 1.11. The number of aliphatic hydroxyl groups is 2. The van der Waals surface area contributed by atoms with Gasteiger partial charge in [-0.25, -0.2) is 0 Å². The molecule has 8 nitrogen and oxygen atoms in total. The van der Waals surface area contributed by atoms with Crippen LogP contribution in [0.15, 0.2) is 66.3 Å². The van der Waals surface area contributed by atoms with E-state index in [9.17, 15) is 19.8 Å². The average molecular weight is 642 g/mol. The number of nitrogen functional groups attached to an aromatic ring is 1. The third-order valence-corrected chi connectivity index (χ3v) is 12.2. The van der Waals surface area contributed by atoms with Crippen molar-refractivity contribution in [2.45, 2.75) is 96.6 Å². The molecule has 7 rings (SSSR count). The van der Waals surface area contributed by atoms with Crippen LogP contribution in [0.25, 0.3) is 0 Å². The summed E-state index contributed by atoms with van der Waals surface area (Å²) >= 11 is 0. The number of carbonyl (C=O) groups is 2. The molecule has 1 saturated heterocycles. The lowest BCUT2D eigenvalue weighted by Gasteiger charge is -2.59. The number of benzene rings is 2. The van der Waals surface area contributed by atoms with Crippen LogP contribution in [0.2, 0.25) is 0 Å². The summed E-state index contributed by atoms with van der Waals surface area (Å²) in [5.74, 6) is -0.286. The molecule has 1 aliphatic heterocycles. The lowest BCUT2D eigenvalue weighted by atomic mass is 9.46. The van der Waals surface area contributed by atoms with E-state index < -0.39 is 41.5 Å². The van der Waals surface area contributed by atoms with Crippen molar-refractivity contribution in [2.75, 3.05) is 12.3 Å². The quantitative estimate of drug-likeness (QED) is 0.328. The first-order valence-electron chi connectivity index (χ1n) is 17.1. The fourth-order valence-electron chi connectivity index (χ4n) is 10.0. The van der Waals surface area contributed by atoms with E-state index in [2.05, 4.69) is 19.9 Å². The zero-order valence-electron chi connectivity index (χ0n) is 27.8. The standard InChI is InChI=1S/C39H47NO7/c1-22(2)45-21-26-10-7-24(16-31(26)40)15-23-5-8-25(9-6-23)36-46-34-18-30-29-12-11-27-17-28(42)13-14-37(27,3)35(29)32(43)19-38(30,4)39(34,47-36)33(44)20-41/h5-10,13-14,16-17,22,29-30,32,34-36,41,43H,11-12,15,18-21,40H2,1-4H3/t29-,30-,32-,34+,35+,36+,37-,38-,39+/m0/s1. The largest absolute Gasteiger partial charge is 0.398 e. The molecule has 2 aromatic rings. The smallest absolute Gasteiger partial charge is 0.193 e. The zero-order chi connectivity index (χ0) is 33.3. The number of nitrogens with two attached hydrogens (primary N) is 1. The van der Waals surface area contributed by atoms with Crippen molar-refractivity contribution in [3.63, 3.8) is 0 Å². The Kier molecular flexibility index (Phi) is 8.12. The molecule has 0 spiro atoms. The number of hydrogen-bond acceptors (Lipinski definition) is 8. The van der Waals surface area contributed by atoms with Gasteiger partial charge in [0.15, 0.2) is 23.5 Å². The molecular formula is C39H47NO7. The Hall–Kier alpha value is -3.14. The molecule has 250 valence electrons. The minimum absolute atomic E-state index is 0.00115. The Morgan fingerprint density at radius 1 is 1.13 bits per heavy atom. The first kappa shape index (κ1) is 32.4. The molecule has 3 saturated carbocycles. The second-order valence-electron chi connectivity index (χ2n) is 15.2. The van der Waals surface area contributed by atoms with E-state index in [-0.39, 0.29) is 35.4 Å². The molecule has 8 heteroatoms. The van der Waals surface area contributed by atoms with E-state index in [0.29, 0.717) is 31.6 Å². The molecule has 4 aliphatic carbocycles. The van der Waals surface area contributed by atoms with Crippen molar-refractivity contribution in [3.8, 4) is 0 Å². The van der Waals surface area contributed by atoms with Gasteiger partial charge < -0.3 is 30.2 Å². The van der Waals surface area contributed by atoms with Gasteiger partial charge in [0.05, 0.1) is 24.9 Å². The van der Waals surface area contributed by atoms with Crippen molar-refractivity contribution in [2.24, 2.45) is 28.6 Å². The van der Waals surface area contributed by atoms with Gasteiger partial charge in [-0.1, -0.05) is 61.9 Å². The van der Waals surface area contributed by atoms with Crippen LogP contribution in [-0.2, 0) is 36.8 Å². The first-order chi connectivity index (χ1) is 22.4. The highest BCUT2D eigenvalue weighted by Gasteiger charge is 2.75. The van der Waals surface area contributed by atoms with E-state index in [4.69, 9.17) is 19.9 Å². The molecule has 0 bridgehead atoms. The fraction of sp³-hybridized carbons (Fsp3) is 0.538. The Morgan fingerprint density at radius 3 is 2.57 bits per heavy atom. The molecule has 0 aromatic heterocycles. The predicted molar refractivity (Wildman–Crippen MR) is 177 cm³/mol. The summed E-state index contributed by atoms with van der Waals surface area (Å²) in [5, 5.41) is 22.1. The molecule has 0 amide bonds. The molecule has 47 heavy (non-hydrogen) atoms. The lowest BCUT2D eigenvalue weighted by molar-refractivity contribution is -0.201. The molecule has 5 aliphatic rings. The maximum absolute atomic E-state index is 13.8. The first-order valence-corrected chi connectivity index (χ1v) is 17.1. The number of carbonyl (C=O) groups excluding carboxylic acids is 2. The Morgan fingerprint density at radius 2 is 1.87 bits per heavy atom. The molecule has 0 radical (unpaired) electrons. The van der Waals surface area contributed by atoms with Crippen molar-refractivity contribution in [1.29, 1.82) is 0 Å². The molecule has 9 atom stereocenters. The van der Waals surface area contributed by atoms with Gasteiger partial charge in [0.2, 0.25) is 0 Å². The van der Waals surface area contributed by atoms with Gasteiger partial charge in [-0.3, -0.25) is 9.59 Å². The van der Waals surface area contributed by atoms with Crippen molar-refractivity contribution in [3.05, 3.63) is 88.5 Å². The van der Waals surface area contributed by atoms with Crippen LogP contribution in [0.4, 0.5) is 5.69 Å². The van der Waals surface area contributed by atoms with Crippen LogP contribution in [0.3, 0.4) is 0 Å². The SMILES string of the molecule is CC(C)OCc1ccc(Cc2ccc([C@@H]3O[C@@H]4C[C@H]5[C@@H]6CCC7=CC(=O)C=C[C@]7(C)[C@H]6[C@@H](O)C[C@]5(C)[C@]4(C(=O)CO)O3)cc2)cc1N. The summed E-state index contributed by atoms with van der Waals surface area (Å²) in [6.45, 7) is 8.02. The number of allylic oxidation sites excluding steroid dienone is 4. The highest BCUT2D eigenvalue weighted by Crippen LogP contribution is 2.70. The normalized spacial score (nSPS) is 37.3. The summed E-state index contributed by atoms with van der Waals surface area (Å²) in [5.41, 5.74) is 9.59. The number of ketones is 2. The van der Waals surface area contributed by atoms with Crippen molar-refractivity contribution >= 4 is 17.3 Å². The van der Waals surface area contributed by atoms with E-state index in [1.165, 1.54) is 0 Å². The summed E-state index contributed by atoms with van der Waals surface area (Å²) in [6, 6.07) is 14.1. The Labute approximate surface area is 277 Å². The maximum Gasteiger partial charge on any atom is 0.193 e. The van der Waals surface area contributed by atoms with Crippen LogP contribution in [0.5, 0.6) is 0 Å². The third kappa shape index (κ3) is 5.06. The maximum atomic E-state index is 13.8. The van der Waals surface area contributed by atoms with Crippen molar-refractivity contribution < 1.29 is 34.0 Å². The molecule has 2 aromatic carbocycles. The highest BCUT2D eigenvalue weighted by atomic mass is 16.7. The van der Waals surface area contributed by atoms with Crippen LogP contribution in [-0.4, -0.2) is 52.3 Å². The van der Waals surface area contributed by atoms with Gasteiger partial charge in [-0.05, 0) is 87.1 Å². The number of fused-ring (bicyclic) bond motifs is 7. The molecule has 4 N–H and O–H groups in total. The van der Waals surface area contributed by atoms with Gasteiger partial charge in [0, 0.05) is 33.6 Å². The minimum atomic E-state index is -1.37. The second-order valence-corrected chi connectivity index (χ2v) is 15.2. The van der Waals surface area contributed by atoms with E-state index in [1.807, 2.05) is 56.3 Å².